The number of halogens is 1. The average Bonchev–Trinajstić information content (AvgIpc) is 2.62. The molecule has 5 nitrogen and oxygen atoms in total. The van der Waals surface area contributed by atoms with Gasteiger partial charge in [0.1, 0.15) is 5.75 Å². The number of nitrogens with one attached hydrogen (secondary N) is 1. The highest BCUT2D eigenvalue weighted by atomic mass is 79.9. The Bertz CT molecular complexity index is 802. The molecule has 2 amide bonds. The minimum atomic E-state index is -0.205. The van der Waals surface area contributed by atoms with E-state index in [4.69, 9.17) is 4.74 Å². The summed E-state index contributed by atoms with van der Waals surface area (Å²) < 4.78 is 6.45. The molecule has 0 aliphatic rings. The Morgan fingerprint density at radius 3 is 2.33 bits per heavy atom. The molecule has 2 aromatic carbocycles. The SMILES string of the molecule is CC(C)COc1ccc(C(=O)Nc2ccc(CC(=O)N(C)C)cc2)cc1Br. The molecule has 0 saturated heterocycles. The van der Waals surface area contributed by atoms with E-state index < -0.39 is 0 Å². The van der Waals surface area contributed by atoms with E-state index in [1.54, 1.807) is 49.3 Å². The van der Waals surface area contributed by atoms with Crippen molar-refractivity contribution in [3.05, 3.63) is 58.1 Å². The van der Waals surface area contributed by atoms with E-state index in [0.29, 0.717) is 30.2 Å². The van der Waals surface area contributed by atoms with Gasteiger partial charge in [-0.2, -0.15) is 0 Å². The van der Waals surface area contributed by atoms with Crippen LogP contribution in [0.3, 0.4) is 0 Å². The number of nitrogens with zero attached hydrogens (tertiary/aromatic N) is 1. The number of carbonyl (C=O) groups excluding carboxylic acids is 2. The predicted molar refractivity (Wildman–Crippen MR) is 111 cm³/mol. The summed E-state index contributed by atoms with van der Waals surface area (Å²) >= 11 is 3.45. The number of ether oxygens (including phenoxy) is 1. The molecule has 1 N–H and O–H groups in total. The van der Waals surface area contributed by atoms with Crippen molar-refractivity contribution in [2.24, 2.45) is 5.92 Å². The first-order valence-electron chi connectivity index (χ1n) is 8.79. The van der Waals surface area contributed by atoms with Crippen LogP contribution in [-0.2, 0) is 11.2 Å². The van der Waals surface area contributed by atoms with Crippen molar-refractivity contribution >= 4 is 33.4 Å². The van der Waals surface area contributed by atoms with Gasteiger partial charge < -0.3 is 15.0 Å². The Labute approximate surface area is 168 Å². The predicted octanol–water partition coefficient (Wildman–Crippen LogP) is 4.37. The highest BCUT2D eigenvalue weighted by molar-refractivity contribution is 9.10. The van der Waals surface area contributed by atoms with Crippen LogP contribution in [-0.4, -0.2) is 37.4 Å². The Morgan fingerprint density at radius 1 is 1.11 bits per heavy atom. The fourth-order valence-corrected chi connectivity index (χ4v) is 2.75. The zero-order valence-electron chi connectivity index (χ0n) is 16.1. The maximum Gasteiger partial charge on any atom is 0.255 e. The third-order valence-corrected chi connectivity index (χ3v) is 4.45. The zero-order valence-corrected chi connectivity index (χ0v) is 17.7. The summed E-state index contributed by atoms with van der Waals surface area (Å²) in [7, 11) is 3.46. The summed E-state index contributed by atoms with van der Waals surface area (Å²) in [6, 6.07) is 12.6. The second-order valence-corrected chi connectivity index (χ2v) is 7.82. The molecule has 0 spiro atoms. The second-order valence-electron chi connectivity index (χ2n) is 6.97. The number of amides is 2. The van der Waals surface area contributed by atoms with Crippen molar-refractivity contribution < 1.29 is 14.3 Å². The molecule has 6 heteroatoms. The molecule has 0 bridgehead atoms. The average molecular weight is 433 g/mol. The molecular formula is C21H25BrN2O3. The van der Waals surface area contributed by atoms with E-state index in [1.165, 1.54) is 0 Å². The standard InChI is InChI=1S/C21H25BrN2O3/c1-14(2)13-27-19-10-7-16(12-18(19)22)21(26)23-17-8-5-15(6-9-17)11-20(25)24(3)4/h5-10,12,14H,11,13H2,1-4H3,(H,23,26). The van der Waals surface area contributed by atoms with E-state index in [2.05, 4.69) is 35.1 Å². The molecule has 0 fully saturated rings. The second kappa shape index (κ2) is 9.55. The van der Waals surface area contributed by atoms with Crippen molar-refractivity contribution in [2.75, 3.05) is 26.0 Å². The number of hydrogen-bond donors (Lipinski definition) is 1. The monoisotopic (exact) mass is 432 g/mol. The summed E-state index contributed by atoms with van der Waals surface area (Å²) in [6.07, 6.45) is 0.339. The molecule has 2 rings (SSSR count). The normalized spacial score (nSPS) is 10.6. The van der Waals surface area contributed by atoms with Crippen LogP contribution < -0.4 is 10.1 Å². The highest BCUT2D eigenvalue weighted by Gasteiger charge is 2.11. The Morgan fingerprint density at radius 2 is 1.78 bits per heavy atom. The molecular weight excluding hydrogens is 408 g/mol. The lowest BCUT2D eigenvalue weighted by atomic mass is 10.1. The molecule has 2 aromatic rings. The third-order valence-electron chi connectivity index (χ3n) is 3.83. The van der Waals surface area contributed by atoms with Crippen LogP contribution in [0.25, 0.3) is 0 Å². The van der Waals surface area contributed by atoms with E-state index >= 15 is 0 Å². The van der Waals surface area contributed by atoms with Gasteiger partial charge in [-0.05, 0) is 57.7 Å². The molecule has 0 heterocycles. The van der Waals surface area contributed by atoms with Gasteiger partial charge in [0.2, 0.25) is 5.91 Å². The van der Waals surface area contributed by atoms with Gasteiger partial charge in [0, 0.05) is 25.3 Å². The van der Waals surface area contributed by atoms with Gasteiger partial charge in [-0.3, -0.25) is 9.59 Å². The maximum absolute atomic E-state index is 12.5. The Hall–Kier alpha value is -2.34. The topological polar surface area (TPSA) is 58.6 Å². The Kier molecular flexibility index (Phi) is 7.42. The van der Waals surface area contributed by atoms with Crippen molar-refractivity contribution in [3.8, 4) is 5.75 Å². The van der Waals surface area contributed by atoms with Gasteiger partial charge in [0.15, 0.2) is 0 Å². The summed E-state index contributed by atoms with van der Waals surface area (Å²) in [5, 5.41) is 2.86. The summed E-state index contributed by atoms with van der Waals surface area (Å²) in [5.41, 5.74) is 2.11. The van der Waals surface area contributed by atoms with Gasteiger partial charge in [-0.1, -0.05) is 26.0 Å². The lowest BCUT2D eigenvalue weighted by Crippen LogP contribution is -2.23. The number of rotatable bonds is 7. The van der Waals surface area contributed by atoms with Crippen LogP contribution in [0.2, 0.25) is 0 Å². The number of likely N-dealkylation sites (N-methyl/N-ethyl adjacent to an activating group) is 1. The molecule has 0 aliphatic carbocycles. The fourth-order valence-electron chi connectivity index (χ4n) is 2.26. The van der Waals surface area contributed by atoms with E-state index in [1.807, 2.05) is 12.1 Å². The van der Waals surface area contributed by atoms with Gasteiger partial charge in [0.05, 0.1) is 17.5 Å². The molecule has 0 atom stereocenters. The first-order chi connectivity index (χ1) is 12.8. The van der Waals surface area contributed by atoms with Crippen molar-refractivity contribution in [1.29, 1.82) is 0 Å². The maximum atomic E-state index is 12.5. The first-order valence-corrected chi connectivity index (χ1v) is 9.58. The minimum absolute atomic E-state index is 0.0383. The number of benzene rings is 2. The zero-order chi connectivity index (χ0) is 20.0. The largest absolute Gasteiger partial charge is 0.492 e. The van der Waals surface area contributed by atoms with E-state index in [9.17, 15) is 9.59 Å². The fraction of sp³-hybridized carbons (Fsp3) is 0.333. The molecule has 144 valence electrons. The Balaban J connectivity index is 2.00. The number of carbonyl (C=O) groups is 2. The van der Waals surface area contributed by atoms with E-state index in [0.717, 1.165) is 15.8 Å². The summed E-state index contributed by atoms with van der Waals surface area (Å²) in [5.74, 6) is 0.977. The van der Waals surface area contributed by atoms with Crippen LogP contribution in [0.5, 0.6) is 5.75 Å². The van der Waals surface area contributed by atoms with E-state index in [-0.39, 0.29) is 11.8 Å². The van der Waals surface area contributed by atoms with Gasteiger partial charge in [0.25, 0.3) is 5.91 Å². The molecule has 0 radical (unpaired) electrons. The lowest BCUT2D eigenvalue weighted by Gasteiger charge is -2.12. The van der Waals surface area contributed by atoms with Crippen molar-refractivity contribution in [3.63, 3.8) is 0 Å². The van der Waals surface area contributed by atoms with Crippen molar-refractivity contribution in [1.82, 2.24) is 4.90 Å². The van der Waals surface area contributed by atoms with Gasteiger partial charge >= 0.3 is 0 Å². The third kappa shape index (κ3) is 6.40. The number of hydrogen-bond acceptors (Lipinski definition) is 3. The minimum Gasteiger partial charge on any atom is -0.492 e. The van der Waals surface area contributed by atoms with Crippen LogP contribution >= 0.6 is 15.9 Å². The molecule has 0 saturated carbocycles. The summed E-state index contributed by atoms with van der Waals surface area (Å²) in [4.78, 5) is 25.8. The molecule has 0 aliphatic heterocycles. The molecule has 0 aromatic heterocycles. The van der Waals surface area contributed by atoms with Crippen LogP contribution in [0.1, 0.15) is 29.8 Å². The molecule has 27 heavy (non-hydrogen) atoms. The smallest absolute Gasteiger partial charge is 0.255 e. The quantitative estimate of drug-likeness (QED) is 0.706. The van der Waals surface area contributed by atoms with Gasteiger partial charge in [-0.25, -0.2) is 0 Å². The van der Waals surface area contributed by atoms with Crippen LogP contribution in [0.4, 0.5) is 5.69 Å². The van der Waals surface area contributed by atoms with Crippen molar-refractivity contribution in [2.45, 2.75) is 20.3 Å². The summed E-state index contributed by atoms with van der Waals surface area (Å²) in [6.45, 7) is 4.78. The van der Waals surface area contributed by atoms with Crippen LogP contribution in [0.15, 0.2) is 46.9 Å². The number of anilines is 1. The highest BCUT2D eigenvalue weighted by Crippen LogP contribution is 2.27. The molecule has 0 unspecified atom stereocenters. The first kappa shape index (κ1) is 21.0. The van der Waals surface area contributed by atoms with Gasteiger partial charge in [-0.15, -0.1) is 0 Å². The van der Waals surface area contributed by atoms with Crippen LogP contribution in [0, 0.1) is 5.92 Å². The lowest BCUT2D eigenvalue weighted by molar-refractivity contribution is -0.127.